The van der Waals surface area contributed by atoms with E-state index < -0.39 is 0 Å². The van der Waals surface area contributed by atoms with E-state index in [0.717, 1.165) is 330 Å². The van der Waals surface area contributed by atoms with E-state index in [1.807, 2.05) is 131 Å². The molecule has 11 N–H and O–H groups in total. The van der Waals surface area contributed by atoms with Crippen LogP contribution < -0.4 is 35.6 Å². The molecule has 4 aliphatic rings. The van der Waals surface area contributed by atoms with Crippen LogP contribution >= 0.6 is 0 Å². The van der Waals surface area contributed by atoms with Crippen LogP contribution in [0.3, 0.4) is 0 Å². The van der Waals surface area contributed by atoms with Gasteiger partial charge in [0.05, 0.1) is 134 Å². The zero-order valence-electron chi connectivity index (χ0n) is 75.5. The minimum absolute atomic E-state index is 0. The van der Waals surface area contributed by atoms with Crippen molar-refractivity contribution in [3.05, 3.63) is 207 Å². The lowest BCUT2D eigenvalue weighted by molar-refractivity contribution is 0.313. The van der Waals surface area contributed by atoms with E-state index in [9.17, 15) is 0 Å². The summed E-state index contributed by atoms with van der Waals surface area (Å²) in [4.78, 5) is 89.8. The summed E-state index contributed by atoms with van der Waals surface area (Å²) < 4.78 is 0. The Hall–Kier alpha value is -15.6. The number of nitrogens with two attached hydrogens (primary N) is 1. The van der Waals surface area contributed by atoms with Crippen LogP contribution in [0.25, 0.3) is 178 Å². The maximum Gasteiger partial charge on any atom is 0.159 e. The van der Waals surface area contributed by atoms with Crippen LogP contribution in [0.1, 0.15) is 47.8 Å². The molecule has 137 heavy (non-hydrogen) atoms. The number of aryl methyl sites for hydroxylation is 1. The topological polar surface area (TPSA) is 400 Å². The first-order chi connectivity index (χ1) is 65.1. The van der Waals surface area contributed by atoms with Gasteiger partial charge in [-0.25, -0.2) is 19.9 Å². The van der Waals surface area contributed by atoms with Crippen LogP contribution in [0.2, 0.25) is 0 Å². The number of piperazine rings is 4. The number of anilines is 6. The minimum atomic E-state index is 0. The lowest BCUT2D eigenvalue weighted by Crippen LogP contribution is -2.44. The van der Waals surface area contributed by atoms with Gasteiger partial charge < -0.3 is 75.1 Å². The molecule has 0 bridgehead atoms. The number of fused-ring (bicyclic) bond motifs is 8. The van der Waals surface area contributed by atoms with Gasteiger partial charge in [0.25, 0.3) is 0 Å². The number of hydrogen-bond acceptors (Lipinski definition) is 27. The number of aromatic amines is 8. The third-order valence-corrected chi connectivity index (χ3v) is 25.7. The SMILES string of the molecule is C.C.C.C.CCNCc1cncc(-c2ccc3[nH]nc(-c4nc5c(N6CCN(C)CC6)cncc5[nH]4)c3c2)c1.CN1CCN(c2cncc3[nH]c(-c4n[nH]c5ccc(-c6cncc(N(C)C)c6)cc45)nc23)CC1.CN1CCN(c2cncc3[nH]c(-c4n[nH]c5ccc(-c6cncc(N)c6)cc45)nc23)CC1.Cc1ccncc1-c1ccc2[nH]nc(-c3nc4c(N5CCN(C)CC5)cncc4[nH]3)c2c1. The van der Waals surface area contributed by atoms with E-state index in [1.54, 1.807) is 6.20 Å². The fourth-order valence-corrected chi connectivity index (χ4v) is 17.9. The van der Waals surface area contributed by atoms with Gasteiger partial charge in [0, 0.05) is 213 Å². The van der Waals surface area contributed by atoms with Crippen molar-refractivity contribution in [3.63, 3.8) is 0 Å². The van der Waals surface area contributed by atoms with Gasteiger partial charge in [0.2, 0.25) is 0 Å². The number of rotatable bonds is 16. The Morgan fingerprint density at radius 2 is 0.650 bits per heavy atom. The van der Waals surface area contributed by atoms with Gasteiger partial charge in [-0.3, -0.25) is 60.3 Å². The highest BCUT2D eigenvalue weighted by Gasteiger charge is 2.28. The second-order valence-electron chi connectivity index (χ2n) is 34.9. The summed E-state index contributed by atoms with van der Waals surface area (Å²) in [7, 11) is 12.7. The molecule has 702 valence electrons. The first-order valence-corrected chi connectivity index (χ1v) is 45.0. The van der Waals surface area contributed by atoms with Crippen LogP contribution in [0.15, 0.2) is 196 Å². The maximum absolute atomic E-state index is 5.93. The molecular weight excluding hydrogens is 1720 g/mol. The van der Waals surface area contributed by atoms with Gasteiger partial charge in [-0.2, -0.15) is 20.4 Å². The number of nitrogen functional groups attached to an aromatic ring is 1. The van der Waals surface area contributed by atoms with Crippen molar-refractivity contribution in [2.75, 3.05) is 184 Å². The summed E-state index contributed by atoms with van der Waals surface area (Å²) in [5.41, 5.74) is 37.3. The Kier molecular flexibility index (Phi) is 27.4. The molecule has 0 radical (unpaired) electrons. The molecule has 35 heteroatoms. The fourth-order valence-electron chi connectivity index (χ4n) is 17.9. The molecule has 0 atom stereocenters. The highest BCUT2D eigenvalue weighted by atomic mass is 15.3. The largest absolute Gasteiger partial charge is 0.397 e. The maximum atomic E-state index is 5.93. The summed E-state index contributed by atoms with van der Waals surface area (Å²) in [6.07, 6.45) is 29.8. The molecule has 35 nitrogen and oxygen atoms in total. The first kappa shape index (κ1) is 93.3. The molecule has 4 aromatic carbocycles. The second-order valence-corrected chi connectivity index (χ2v) is 34.9. The molecule has 16 aromatic heterocycles. The first-order valence-electron chi connectivity index (χ1n) is 45.0. The predicted molar refractivity (Wildman–Crippen MR) is 555 cm³/mol. The van der Waals surface area contributed by atoms with E-state index >= 15 is 0 Å². The molecule has 0 aliphatic carbocycles. The van der Waals surface area contributed by atoms with E-state index in [0.29, 0.717) is 5.69 Å². The predicted octanol–water partition coefficient (Wildman–Crippen LogP) is 15.9. The average molecular weight is 1840 g/mol. The molecule has 0 spiro atoms. The zero-order valence-corrected chi connectivity index (χ0v) is 75.5. The standard InChI is InChI=1S/C26H29N9.C25H27N9.C24H24N8.C23H23N9.4CH4/c1-3-27-12-17-10-19(14-28-13-17)18-4-5-21-20(11-18)24(33-32-21)26-30-22-15-29-16-23(25(22)31-26)35-8-6-34(2)7-9-35;1-32(2)18-10-17(12-26-13-18)16-4-5-20-19(11-16)23(31-30-20)25-28-21-14-27-15-22(24(21)29-25)34-8-6-33(3)7-9-34;1-15-5-6-25-12-18(15)16-3-4-19-17(11-16)22(30-29-19)24-27-20-13-26-14-21(23(20)28-24)32-9-7-31(2)8-10-32;1-31-4-6-32(7-5-31)20-13-26-12-19-22(20)28-23(27-19)21-17-9-14(2-3-18(17)29-30-21)15-8-16(24)11-25-10-15;;;;/h4-5,10-11,13-16,27H,3,6-9,12H2,1-2H3,(H,30,31)(H,32,33);4-5,10-15H,6-9H2,1-3H3,(H,28,29)(H,30,31);3-6,11-14H,7-10H2,1-2H3,(H,27,28)(H,29,30);2-3,8-13H,4-7,24H2,1H3,(H,27,28)(H,29,30);4*1H4. The summed E-state index contributed by atoms with van der Waals surface area (Å²) in [6.45, 7) is 21.9. The number of nitrogens with zero attached hydrogens (tertiary/aromatic N) is 25. The van der Waals surface area contributed by atoms with Crippen molar-refractivity contribution in [1.82, 2.24) is 145 Å². The Labute approximate surface area is 794 Å². The molecule has 4 aliphatic heterocycles. The lowest BCUT2D eigenvalue weighted by Gasteiger charge is -2.33. The Balaban J connectivity index is 0.000000125. The Bertz CT molecular complexity index is 7580. The van der Waals surface area contributed by atoms with Crippen LogP contribution in [-0.2, 0) is 6.54 Å². The van der Waals surface area contributed by atoms with Gasteiger partial charge >= 0.3 is 0 Å². The van der Waals surface area contributed by atoms with Crippen molar-refractivity contribution in [2.45, 2.75) is 50.1 Å². The monoisotopic (exact) mass is 1830 g/mol. The molecule has 0 amide bonds. The zero-order chi connectivity index (χ0) is 90.3. The number of imidazole rings is 4. The molecule has 20 aromatic rings. The molecule has 24 rings (SSSR count). The Morgan fingerprint density at radius 1 is 0.328 bits per heavy atom. The van der Waals surface area contributed by atoms with E-state index in [-0.39, 0.29) is 29.7 Å². The van der Waals surface area contributed by atoms with Crippen LogP contribution in [0.5, 0.6) is 0 Å². The number of pyridine rings is 8. The molecular formula is C102H119N35. The highest BCUT2D eigenvalue weighted by molar-refractivity contribution is 6.02. The minimum Gasteiger partial charge on any atom is -0.397 e. The number of benzene rings is 4. The smallest absolute Gasteiger partial charge is 0.159 e. The van der Waals surface area contributed by atoms with Gasteiger partial charge in [0.15, 0.2) is 23.3 Å². The summed E-state index contributed by atoms with van der Waals surface area (Å²) in [6, 6.07) is 33.4. The van der Waals surface area contributed by atoms with E-state index in [1.165, 1.54) is 5.56 Å². The van der Waals surface area contributed by atoms with Crippen molar-refractivity contribution in [3.8, 4) is 90.6 Å². The van der Waals surface area contributed by atoms with Crippen molar-refractivity contribution in [2.24, 2.45) is 0 Å². The summed E-state index contributed by atoms with van der Waals surface area (Å²) >= 11 is 0. The normalized spacial score (nSPS) is 14.5. The number of nitrogens with one attached hydrogen (secondary N) is 9. The molecule has 0 unspecified atom stereocenters. The van der Waals surface area contributed by atoms with Gasteiger partial charge in [-0.1, -0.05) is 60.9 Å². The number of H-pyrrole nitrogens is 8. The van der Waals surface area contributed by atoms with Gasteiger partial charge in [0.1, 0.15) is 44.8 Å². The second kappa shape index (κ2) is 40.3. The Morgan fingerprint density at radius 3 is 0.993 bits per heavy atom. The highest BCUT2D eigenvalue weighted by Crippen LogP contribution is 2.40. The van der Waals surface area contributed by atoms with Crippen LogP contribution in [0, 0.1) is 6.92 Å². The van der Waals surface area contributed by atoms with Crippen molar-refractivity contribution in [1.29, 1.82) is 0 Å². The van der Waals surface area contributed by atoms with Crippen molar-refractivity contribution >= 4 is 122 Å². The van der Waals surface area contributed by atoms with Crippen LogP contribution in [0.4, 0.5) is 34.1 Å². The lowest BCUT2D eigenvalue weighted by atomic mass is 10.0. The van der Waals surface area contributed by atoms with Crippen LogP contribution in [-0.4, -0.2) is 294 Å². The number of likely N-dealkylation sites (N-methyl/N-ethyl adjacent to an activating group) is 4. The molecule has 4 fully saturated rings. The molecule has 4 saturated heterocycles. The van der Waals surface area contributed by atoms with E-state index in [2.05, 4.69) is 265 Å². The van der Waals surface area contributed by atoms with Gasteiger partial charge in [-0.15, -0.1) is 0 Å². The number of aromatic nitrogens is 24. The van der Waals surface area contributed by atoms with E-state index in [4.69, 9.17) is 25.7 Å². The average Bonchev–Trinajstić information content (AvgIpc) is 1.63. The quantitative estimate of drug-likeness (QED) is 0.0429. The molecule has 0 saturated carbocycles. The summed E-state index contributed by atoms with van der Waals surface area (Å²) in [5.74, 6) is 2.94. The number of hydrogen-bond donors (Lipinski definition) is 10. The van der Waals surface area contributed by atoms with Gasteiger partial charge in [-0.05, 0) is 148 Å². The van der Waals surface area contributed by atoms with Crippen molar-refractivity contribution < 1.29 is 0 Å². The third-order valence-electron chi connectivity index (χ3n) is 25.7. The third kappa shape index (κ3) is 19.1. The summed E-state index contributed by atoms with van der Waals surface area (Å²) in [5, 5.41) is 38.4. The fraction of sp³-hybridized carbons (Fsp3) is 0.294. The molecule has 20 heterocycles.